The number of aryl methyl sites for hydroxylation is 3. The molecule has 0 saturated heterocycles. The lowest BCUT2D eigenvalue weighted by Crippen LogP contribution is -2.48. The highest BCUT2D eigenvalue weighted by Crippen LogP contribution is 2.28. The average Bonchev–Trinajstić information content (AvgIpc) is 3.17. The van der Waals surface area contributed by atoms with E-state index in [1.54, 1.807) is 44.2 Å². The van der Waals surface area contributed by atoms with Gasteiger partial charge in [-0.3, -0.25) is 19.3 Å². The molecule has 0 fully saturated rings. The second-order valence-corrected chi connectivity index (χ2v) is 7.41. The second-order valence-electron chi connectivity index (χ2n) is 7.41. The highest BCUT2D eigenvalue weighted by molar-refractivity contribution is 6.23. The van der Waals surface area contributed by atoms with Gasteiger partial charge in [0.2, 0.25) is 5.91 Å². The molecular formula is C23H21N3O4. The molecule has 3 amide bonds. The fraction of sp³-hybridized carbons (Fsp3) is 0.217. The maximum absolute atomic E-state index is 13.3. The molecule has 0 bridgehead atoms. The SMILES string of the molecule is Cc1cccc(NC(=O)C(Cc2c(C)noc2C)N2C(=O)c3ccccc3C2=O)c1. The first-order valence-electron chi connectivity index (χ1n) is 9.63. The van der Waals surface area contributed by atoms with Crippen molar-refractivity contribution < 1.29 is 18.9 Å². The van der Waals surface area contributed by atoms with Crippen LogP contribution in [-0.2, 0) is 11.2 Å². The minimum Gasteiger partial charge on any atom is -0.361 e. The molecule has 152 valence electrons. The van der Waals surface area contributed by atoms with Crippen molar-refractivity contribution in [3.63, 3.8) is 0 Å². The van der Waals surface area contributed by atoms with Crippen LogP contribution in [0.3, 0.4) is 0 Å². The van der Waals surface area contributed by atoms with Crippen LogP contribution in [0.4, 0.5) is 5.69 Å². The summed E-state index contributed by atoms with van der Waals surface area (Å²) in [6.07, 6.45) is 0.115. The molecule has 2 aromatic carbocycles. The number of aromatic nitrogens is 1. The van der Waals surface area contributed by atoms with E-state index in [1.807, 2.05) is 25.1 Å². The van der Waals surface area contributed by atoms with Crippen LogP contribution >= 0.6 is 0 Å². The minimum atomic E-state index is -1.05. The smallest absolute Gasteiger partial charge is 0.262 e. The van der Waals surface area contributed by atoms with Gasteiger partial charge in [-0.15, -0.1) is 0 Å². The van der Waals surface area contributed by atoms with Crippen LogP contribution in [0.5, 0.6) is 0 Å². The number of anilines is 1. The molecular weight excluding hydrogens is 382 g/mol. The normalized spacial score (nSPS) is 14.0. The third kappa shape index (κ3) is 3.39. The first-order valence-corrected chi connectivity index (χ1v) is 9.63. The largest absolute Gasteiger partial charge is 0.361 e. The molecule has 0 spiro atoms. The molecule has 1 aliphatic heterocycles. The fourth-order valence-electron chi connectivity index (χ4n) is 3.73. The van der Waals surface area contributed by atoms with Crippen LogP contribution in [0.25, 0.3) is 0 Å². The molecule has 1 aliphatic rings. The topological polar surface area (TPSA) is 92.5 Å². The molecule has 0 aliphatic carbocycles. The quantitative estimate of drug-likeness (QED) is 0.659. The van der Waals surface area contributed by atoms with Gasteiger partial charge in [-0.1, -0.05) is 29.4 Å². The van der Waals surface area contributed by atoms with Crippen LogP contribution in [0, 0.1) is 20.8 Å². The predicted molar refractivity (Wildman–Crippen MR) is 110 cm³/mol. The van der Waals surface area contributed by atoms with Crippen molar-refractivity contribution in [2.24, 2.45) is 0 Å². The van der Waals surface area contributed by atoms with E-state index < -0.39 is 23.8 Å². The van der Waals surface area contributed by atoms with E-state index in [0.717, 1.165) is 10.5 Å². The molecule has 1 atom stereocenters. The van der Waals surface area contributed by atoms with Gasteiger partial charge >= 0.3 is 0 Å². The monoisotopic (exact) mass is 403 g/mol. The summed E-state index contributed by atoms with van der Waals surface area (Å²) < 4.78 is 5.22. The van der Waals surface area contributed by atoms with Gasteiger partial charge in [0, 0.05) is 17.7 Å². The molecule has 30 heavy (non-hydrogen) atoms. The Morgan fingerprint density at radius 1 is 1.03 bits per heavy atom. The number of hydrogen-bond acceptors (Lipinski definition) is 5. The second kappa shape index (κ2) is 7.59. The Hall–Kier alpha value is -3.74. The van der Waals surface area contributed by atoms with Crippen molar-refractivity contribution in [1.29, 1.82) is 0 Å². The van der Waals surface area contributed by atoms with Gasteiger partial charge in [-0.2, -0.15) is 0 Å². The van der Waals surface area contributed by atoms with E-state index in [4.69, 9.17) is 4.52 Å². The number of carbonyl (C=O) groups is 3. The van der Waals surface area contributed by atoms with Crippen LogP contribution in [0.1, 0.15) is 43.3 Å². The van der Waals surface area contributed by atoms with Crippen molar-refractivity contribution in [3.8, 4) is 0 Å². The number of fused-ring (bicyclic) bond motifs is 1. The van der Waals surface area contributed by atoms with Gasteiger partial charge in [-0.05, 0) is 50.6 Å². The van der Waals surface area contributed by atoms with Gasteiger partial charge in [-0.25, -0.2) is 0 Å². The lowest BCUT2D eigenvalue weighted by atomic mass is 10.0. The van der Waals surface area contributed by atoms with Crippen molar-refractivity contribution in [1.82, 2.24) is 10.1 Å². The van der Waals surface area contributed by atoms with E-state index >= 15 is 0 Å². The van der Waals surface area contributed by atoms with Gasteiger partial charge in [0.25, 0.3) is 11.8 Å². The molecule has 0 radical (unpaired) electrons. The zero-order chi connectivity index (χ0) is 21.4. The minimum absolute atomic E-state index is 0.115. The Labute approximate surface area is 173 Å². The molecule has 7 nitrogen and oxygen atoms in total. The number of amides is 3. The molecule has 1 unspecified atom stereocenters. The molecule has 1 aromatic heterocycles. The Morgan fingerprint density at radius 2 is 1.70 bits per heavy atom. The number of imide groups is 1. The first kappa shape index (κ1) is 19.6. The van der Waals surface area contributed by atoms with E-state index in [1.165, 1.54) is 0 Å². The summed E-state index contributed by atoms with van der Waals surface area (Å²) >= 11 is 0. The summed E-state index contributed by atoms with van der Waals surface area (Å²) in [5, 5.41) is 6.78. The number of rotatable bonds is 5. The van der Waals surface area contributed by atoms with Crippen LogP contribution in [0.15, 0.2) is 53.1 Å². The zero-order valence-corrected chi connectivity index (χ0v) is 16.9. The lowest BCUT2D eigenvalue weighted by Gasteiger charge is -2.25. The number of nitrogens with zero attached hydrogens (tertiary/aromatic N) is 2. The standard InChI is InChI=1S/C23H21N3O4/c1-13-7-6-8-16(11-13)24-21(27)20(12-19-14(2)25-30-15(19)3)26-22(28)17-9-4-5-10-18(17)23(26)29/h4-11,20H,12H2,1-3H3,(H,24,27). The molecule has 1 N–H and O–H groups in total. The van der Waals surface area contributed by atoms with Gasteiger partial charge in [0.05, 0.1) is 16.8 Å². The Morgan fingerprint density at radius 3 is 2.27 bits per heavy atom. The van der Waals surface area contributed by atoms with Crippen LogP contribution in [0.2, 0.25) is 0 Å². The summed E-state index contributed by atoms with van der Waals surface area (Å²) in [5.74, 6) is -0.855. The third-order valence-corrected chi connectivity index (χ3v) is 5.30. The molecule has 3 aromatic rings. The number of hydrogen-bond donors (Lipinski definition) is 1. The summed E-state index contributed by atoms with van der Waals surface area (Å²) in [6.45, 7) is 5.43. The van der Waals surface area contributed by atoms with Gasteiger partial charge in [0.15, 0.2) is 0 Å². The Balaban J connectivity index is 1.72. The lowest BCUT2D eigenvalue weighted by molar-refractivity contribution is -0.119. The fourth-order valence-corrected chi connectivity index (χ4v) is 3.73. The maximum Gasteiger partial charge on any atom is 0.262 e. The van der Waals surface area contributed by atoms with Crippen molar-refractivity contribution in [2.75, 3.05) is 5.32 Å². The molecule has 7 heteroatoms. The van der Waals surface area contributed by atoms with Crippen LogP contribution < -0.4 is 5.32 Å². The summed E-state index contributed by atoms with van der Waals surface area (Å²) in [7, 11) is 0. The van der Waals surface area contributed by atoms with Crippen molar-refractivity contribution in [2.45, 2.75) is 33.2 Å². The first-order chi connectivity index (χ1) is 14.4. The summed E-state index contributed by atoms with van der Waals surface area (Å²) in [6, 6.07) is 12.9. The van der Waals surface area contributed by atoms with Crippen LogP contribution in [-0.4, -0.2) is 33.8 Å². The number of benzene rings is 2. The van der Waals surface area contributed by atoms with Crippen molar-refractivity contribution >= 4 is 23.4 Å². The van der Waals surface area contributed by atoms with E-state index in [0.29, 0.717) is 33.8 Å². The Kier molecular flexibility index (Phi) is 4.95. The molecule has 2 heterocycles. The third-order valence-electron chi connectivity index (χ3n) is 5.30. The maximum atomic E-state index is 13.3. The highest BCUT2D eigenvalue weighted by atomic mass is 16.5. The van der Waals surface area contributed by atoms with Gasteiger partial charge < -0.3 is 9.84 Å². The van der Waals surface area contributed by atoms with E-state index in [9.17, 15) is 14.4 Å². The molecule has 0 saturated carbocycles. The van der Waals surface area contributed by atoms with E-state index in [-0.39, 0.29) is 6.42 Å². The Bertz CT molecular complexity index is 1110. The van der Waals surface area contributed by atoms with Crippen molar-refractivity contribution in [3.05, 3.63) is 82.2 Å². The van der Waals surface area contributed by atoms with E-state index in [2.05, 4.69) is 10.5 Å². The number of carbonyl (C=O) groups excluding carboxylic acids is 3. The average molecular weight is 403 g/mol. The number of nitrogens with one attached hydrogen (secondary N) is 1. The highest BCUT2D eigenvalue weighted by Gasteiger charge is 2.43. The molecule has 4 rings (SSSR count). The zero-order valence-electron chi connectivity index (χ0n) is 16.9. The summed E-state index contributed by atoms with van der Waals surface area (Å²) in [4.78, 5) is 40.4. The summed E-state index contributed by atoms with van der Waals surface area (Å²) in [5.41, 5.74) is 3.51. The van der Waals surface area contributed by atoms with Gasteiger partial charge in [0.1, 0.15) is 11.8 Å². The predicted octanol–water partition coefficient (Wildman–Crippen LogP) is 3.45.